The summed E-state index contributed by atoms with van der Waals surface area (Å²) in [5.41, 5.74) is 1.11. The molecule has 0 aromatic heterocycles. The largest absolute Gasteiger partial charge is 0.481 e. The van der Waals surface area contributed by atoms with Gasteiger partial charge in [0.15, 0.2) is 5.75 Å². The SMILES string of the molecule is Cc1ccccc1N(CCC(=O)O)S(=O)(=O)CC#N. The molecule has 0 saturated heterocycles. The van der Waals surface area contributed by atoms with E-state index in [0.717, 1.165) is 4.31 Å². The predicted octanol–water partition coefficient (Wildman–Crippen LogP) is 1.13. The van der Waals surface area contributed by atoms with Crippen LogP contribution in [0.25, 0.3) is 0 Å². The van der Waals surface area contributed by atoms with Gasteiger partial charge in [0.2, 0.25) is 10.0 Å². The lowest BCUT2D eigenvalue weighted by atomic mass is 10.2. The number of hydrogen-bond acceptors (Lipinski definition) is 4. The number of carboxylic acids is 1. The number of anilines is 1. The number of aryl methyl sites for hydroxylation is 1. The van der Waals surface area contributed by atoms with Crippen molar-refractivity contribution in [3.05, 3.63) is 29.8 Å². The molecular weight excluding hydrogens is 268 g/mol. The summed E-state index contributed by atoms with van der Waals surface area (Å²) in [5.74, 6) is -1.77. The number of sulfonamides is 1. The molecule has 0 aliphatic heterocycles. The van der Waals surface area contributed by atoms with Crippen LogP contribution in [-0.4, -0.2) is 31.8 Å². The van der Waals surface area contributed by atoms with Crippen molar-refractivity contribution in [3.8, 4) is 6.07 Å². The van der Waals surface area contributed by atoms with Crippen LogP contribution in [0.1, 0.15) is 12.0 Å². The number of benzene rings is 1. The summed E-state index contributed by atoms with van der Waals surface area (Å²) in [6.45, 7) is 1.54. The second-order valence-electron chi connectivity index (χ2n) is 3.92. The average Bonchev–Trinajstić information content (AvgIpc) is 2.30. The van der Waals surface area contributed by atoms with E-state index in [-0.39, 0.29) is 13.0 Å². The van der Waals surface area contributed by atoms with Gasteiger partial charge in [-0.25, -0.2) is 8.42 Å². The van der Waals surface area contributed by atoms with Crippen LogP contribution < -0.4 is 4.31 Å². The Kier molecular flexibility index (Phi) is 4.89. The van der Waals surface area contributed by atoms with Gasteiger partial charge in [-0.05, 0) is 18.6 Å². The number of rotatable bonds is 6. The van der Waals surface area contributed by atoms with Crippen molar-refractivity contribution in [2.75, 3.05) is 16.6 Å². The molecule has 7 heteroatoms. The standard InChI is InChI=1S/C12H14N2O4S/c1-10-4-2-3-5-11(10)14(8-6-12(15)16)19(17,18)9-7-13/h2-5H,6,8-9H2,1H3,(H,15,16). The summed E-state index contributed by atoms with van der Waals surface area (Å²) >= 11 is 0. The van der Waals surface area contributed by atoms with Crippen LogP contribution in [0.5, 0.6) is 0 Å². The molecule has 0 saturated carbocycles. The van der Waals surface area contributed by atoms with Gasteiger partial charge in [-0.15, -0.1) is 0 Å². The molecule has 0 spiro atoms. The quantitative estimate of drug-likeness (QED) is 0.843. The molecule has 0 heterocycles. The van der Waals surface area contributed by atoms with E-state index in [9.17, 15) is 13.2 Å². The monoisotopic (exact) mass is 282 g/mol. The Labute approximate surface area is 111 Å². The number of para-hydroxylation sites is 1. The first kappa shape index (κ1) is 15.0. The Morgan fingerprint density at radius 1 is 1.42 bits per heavy atom. The molecule has 0 unspecified atom stereocenters. The van der Waals surface area contributed by atoms with Crippen molar-refractivity contribution in [2.45, 2.75) is 13.3 Å². The molecule has 0 amide bonds. The third-order valence-corrected chi connectivity index (χ3v) is 4.04. The van der Waals surface area contributed by atoms with Crippen molar-refractivity contribution < 1.29 is 18.3 Å². The molecule has 0 radical (unpaired) electrons. The van der Waals surface area contributed by atoms with Crippen LogP contribution in [0, 0.1) is 18.3 Å². The second-order valence-corrected chi connectivity index (χ2v) is 5.81. The van der Waals surface area contributed by atoms with Crippen molar-refractivity contribution in [3.63, 3.8) is 0 Å². The van der Waals surface area contributed by atoms with E-state index in [2.05, 4.69) is 0 Å². The van der Waals surface area contributed by atoms with Gasteiger partial charge in [0.25, 0.3) is 0 Å². The fraction of sp³-hybridized carbons (Fsp3) is 0.333. The molecule has 0 fully saturated rings. The fourth-order valence-corrected chi connectivity index (χ4v) is 2.80. The predicted molar refractivity (Wildman–Crippen MR) is 70.2 cm³/mol. The van der Waals surface area contributed by atoms with Crippen molar-refractivity contribution >= 4 is 21.7 Å². The van der Waals surface area contributed by atoms with Crippen molar-refractivity contribution in [2.24, 2.45) is 0 Å². The number of aliphatic carboxylic acids is 1. The zero-order chi connectivity index (χ0) is 14.5. The Hall–Kier alpha value is -2.07. The lowest BCUT2D eigenvalue weighted by Gasteiger charge is -2.24. The van der Waals surface area contributed by atoms with Crippen LogP contribution >= 0.6 is 0 Å². The zero-order valence-corrected chi connectivity index (χ0v) is 11.2. The first-order valence-electron chi connectivity index (χ1n) is 5.53. The molecule has 1 rings (SSSR count). The summed E-state index contributed by atoms with van der Waals surface area (Å²) in [7, 11) is -3.83. The average molecular weight is 282 g/mol. The lowest BCUT2D eigenvalue weighted by Crippen LogP contribution is -2.35. The Bertz CT molecular complexity index is 604. The van der Waals surface area contributed by atoms with Gasteiger partial charge in [-0.2, -0.15) is 5.26 Å². The van der Waals surface area contributed by atoms with Crippen molar-refractivity contribution in [1.29, 1.82) is 5.26 Å². The maximum atomic E-state index is 12.0. The van der Waals surface area contributed by atoms with Gasteiger partial charge in [-0.1, -0.05) is 18.2 Å². The molecule has 0 aliphatic carbocycles. The number of nitriles is 1. The Morgan fingerprint density at radius 2 is 2.05 bits per heavy atom. The number of nitrogens with zero attached hydrogens (tertiary/aromatic N) is 2. The molecule has 0 aliphatic rings. The van der Waals surface area contributed by atoms with Crippen LogP contribution in [-0.2, 0) is 14.8 Å². The minimum Gasteiger partial charge on any atom is -0.481 e. The summed E-state index contributed by atoms with van der Waals surface area (Å²) in [6, 6.07) is 8.32. The molecule has 1 aromatic rings. The van der Waals surface area contributed by atoms with Crippen LogP contribution in [0.15, 0.2) is 24.3 Å². The maximum Gasteiger partial charge on any atom is 0.305 e. The first-order valence-corrected chi connectivity index (χ1v) is 7.14. The van der Waals surface area contributed by atoms with Crippen LogP contribution in [0.3, 0.4) is 0 Å². The molecule has 6 nitrogen and oxygen atoms in total. The molecule has 0 bridgehead atoms. The summed E-state index contributed by atoms with van der Waals surface area (Å²) < 4.78 is 25.0. The van der Waals surface area contributed by atoms with Gasteiger partial charge in [0.1, 0.15) is 0 Å². The van der Waals surface area contributed by atoms with E-state index < -0.39 is 21.7 Å². The van der Waals surface area contributed by atoms with Gasteiger partial charge < -0.3 is 5.11 Å². The topological polar surface area (TPSA) is 98.5 Å². The van der Waals surface area contributed by atoms with E-state index in [1.165, 1.54) is 0 Å². The lowest BCUT2D eigenvalue weighted by molar-refractivity contribution is -0.136. The molecule has 19 heavy (non-hydrogen) atoms. The molecule has 1 aromatic carbocycles. The highest BCUT2D eigenvalue weighted by Crippen LogP contribution is 2.22. The zero-order valence-electron chi connectivity index (χ0n) is 10.4. The Morgan fingerprint density at radius 3 is 2.58 bits per heavy atom. The van der Waals surface area contributed by atoms with E-state index >= 15 is 0 Å². The molecule has 102 valence electrons. The van der Waals surface area contributed by atoms with Crippen LogP contribution in [0.2, 0.25) is 0 Å². The number of carbonyl (C=O) groups is 1. The summed E-state index contributed by atoms with van der Waals surface area (Å²) in [6.07, 6.45) is -0.320. The molecule has 0 atom stereocenters. The highest BCUT2D eigenvalue weighted by atomic mass is 32.2. The minimum atomic E-state index is -3.83. The van der Waals surface area contributed by atoms with E-state index in [1.807, 2.05) is 0 Å². The van der Waals surface area contributed by atoms with Gasteiger partial charge in [0.05, 0.1) is 18.2 Å². The van der Waals surface area contributed by atoms with Gasteiger partial charge in [0, 0.05) is 6.54 Å². The second kappa shape index (κ2) is 6.20. The minimum absolute atomic E-state index is 0.190. The Balaban J connectivity index is 3.17. The molecular formula is C12H14N2O4S. The smallest absolute Gasteiger partial charge is 0.305 e. The fourth-order valence-electron chi connectivity index (χ4n) is 1.61. The van der Waals surface area contributed by atoms with Crippen LogP contribution in [0.4, 0.5) is 5.69 Å². The van der Waals surface area contributed by atoms with E-state index in [4.69, 9.17) is 10.4 Å². The highest BCUT2D eigenvalue weighted by molar-refractivity contribution is 7.93. The third-order valence-electron chi connectivity index (χ3n) is 2.50. The van der Waals surface area contributed by atoms with Crippen molar-refractivity contribution in [1.82, 2.24) is 0 Å². The van der Waals surface area contributed by atoms with Gasteiger partial charge >= 0.3 is 5.97 Å². The van der Waals surface area contributed by atoms with E-state index in [0.29, 0.717) is 11.3 Å². The summed E-state index contributed by atoms with van der Waals surface area (Å²) in [4.78, 5) is 10.6. The first-order chi connectivity index (χ1) is 8.88. The third kappa shape index (κ3) is 3.96. The highest BCUT2D eigenvalue weighted by Gasteiger charge is 2.24. The number of hydrogen-bond donors (Lipinski definition) is 1. The normalized spacial score (nSPS) is 10.7. The van der Waals surface area contributed by atoms with E-state index in [1.54, 1.807) is 37.3 Å². The number of carboxylic acid groups (broad SMARTS) is 1. The maximum absolute atomic E-state index is 12.0. The summed E-state index contributed by atoms with van der Waals surface area (Å²) in [5, 5.41) is 17.3. The van der Waals surface area contributed by atoms with Gasteiger partial charge in [-0.3, -0.25) is 9.10 Å². The molecule has 1 N–H and O–H groups in total.